The topological polar surface area (TPSA) is 58.2 Å². The number of nitrogens with one attached hydrogen (secondary N) is 2. The fourth-order valence-corrected chi connectivity index (χ4v) is 2.47. The number of anilines is 2. The van der Waals surface area contributed by atoms with E-state index in [2.05, 4.69) is 10.6 Å². The molecule has 0 aliphatic rings. The zero-order valence-corrected chi connectivity index (χ0v) is 13.8. The largest absolute Gasteiger partial charge is 0.326 e. The van der Waals surface area contributed by atoms with Gasteiger partial charge < -0.3 is 10.6 Å². The van der Waals surface area contributed by atoms with Crippen LogP contribution >= 0.6 is 11.3 Å². The molecule has 22 heavy (non-hydrogen) atoms. The van der Waals surface area contributed by atoms with Gasteiger partial charge in [0.05, 0.1) is 6.42 Å². The molecule has 0 aliphatic heterocycles. The van der Waals surface area contributed by atoms with Gasteiger partial charge in [-0.25, -0.2) is 0 Å². The third-order valence-electron chi connectivity index (χ3n) is 3.00. The van der Waals surface area contributed by atoms with Gasteiger partial charge in [-0.15, -0.1) is 11.3 Å². The Morgan fingerprint density at radius 3 is 2.32 bits per heavy atom. The van der Waals surface area contributed by atoms with Crippen molar-refractivity contribution in [3.05, 3.63) is 46.7 Å². The summed E-state index contributed by atoms with van der Waals surface area (Å²) in [7, 11) is 0. The number of amides is 2. The van der Waals surface area contributed by atoms with Crippen LogP contribution in [0.15, 0.2) is 41.8 Å². The van der Waals surface area contributed by atoms with Crippen molar-refractivity contribution in [3.8, 4) is 0 Å². The standard InChI is InChI=1S/C17H20N2O2S/c1-17(2,3)16(21)19-13-7-4-6-12(10-13)18-15(20)11-14-8-5-9-22-14/h4-10H,11H2,1-3H3,(H,18,20)(H,19,21). The van der Waals surface area contributed by atoms with E-state index in [9.17, 15) is 9.59 Å². The van der Waals surface area contributed by atoms with Gasteiger partial charge in [0.15, 0.2) is 0 Å². The summed E-state index contributed by atoms with van der Waals surface area (Å²) in [5, 5.41) is 7.65. The predicted octanol–water partition coefficient (Wildman–Crippen LogP) is 3.91. The summed E-state index contributed by atoms with van der Waals surface area (Å²) in [6, 6.07) is 11.0. The first-order chi connectivity index (χ1) is 10.3. The summed E-state index contributed by atoms with van der Waals surface area (Å²) in [4.78, 5) is 25.0. The average Bonchev–Trinajstić information content (AvgIpc) is 2.90. The third-order valence-corrected chi connectivity index (χ3v) is 3.88. The van der Waals surface area contributed by atoms with E-state index >= 15 is 0 Å². The van der Waals surface area contributed by atoms with E-state index < -0.39 is 5.41 Å². The Labute approximate surface area is 134 Å². The fourth-order valence-electron chi connectivity index (χ4n) is 1.77. The van der Waals surface area contributed by atoms with E-state index in [4.69, 9.17) is 0 Å². The van der Waals surface area contributed by atoms with Crippen LogP contribution in [0.3, 0.4) is 0 Å². The molecule has 0 bridgehead atoms. The van der Waals surface area contributed by atoms with Gasteiger partial charge in [-0.3, -0.25) is 9.59 Å². The maximum Gasteiger partial charge on any atom is 0.229 e. The van der Waals surface area contributed by atoms with E-state index in [1.807, 2.05) is 38.3 Å². The molecule has 0 atom stereocenters. The smallest absolute Gasteiger partial charge is 0.229 e. The molecule has 2 aromatic rings. The van der Waals surface area contributed by atoms with Gasteiger partial charge in [0.1, 0.15) is 0 Å². The zero-order chi connectivity index (χ0) is 16.2. The highest BCUT2D eigenvalue weighted by molar-refractivity contribution is 7.10. The number of thiophene rings is 1. The fraction of sp³-hybridized carbons (Fsp3) is 0.294. The third kappa shape index (κ3) is 4.70. The number of hydrogen-bond acceptors (Lipinski definition) is 3. The number of carbonyl (C=O) groups excluding carboxylic acids is 2. The van der Waals surface area contributed by atoms with Crippen molar-refractivity contribution in [2.24, 2.45) is 5.41 Å². The molecule has 2 rings (SSSR count). The van der Waals surface area contributed by atoms with Crippen LogP contribution in [0.2, 0.25) is 0 Å². The molecule has 1 heterocycles. The number of carbonyl (C=O) groups is 2. The Kier molecular flexibility index (Phi) is 4.98. The first kappa shape index (κ1) is 16.2. The molecule has 1 aromatic carbocycles. The average molecular weight is 316 g/mol. The summed E-state index contributed by atoms with van der Waals surface area (Å²) in [6.07, 6.45) is 0.357. The molecular formula is C17H20N2O2S. The Balaban J connectivity index is 1.99. The molecule has 5 heteroatoms. The molecule has 2 N–H and O–H groups in total. The minimum atomic E-state index is -0.460. The minimum Gasteiger partial charge on any atom is -0.326 e. The van der Waals surface area contributed by atoms with Crippen LogP contribution in [-0.4, -0.2) is 11.8 Å². The molecule has 0 unspecified atom stereocenters. The molecule has 0 aliphatic carbocycles. The van der Waals surface area contributed by atoms with Crippen molar-refractivity contribution in [1.29, 1.82) is 0 Å². The molecular weight excluding hydrogens is 296 g/mol. The SMILES string of the molecule is CC(C)(C)C(=O)Nc1cccc(NC(=O)Cc2cccs2)c1. The lowest BCUT2D eigenvalue weighted by Gasteiger charge is -2.18. The summed E-state index contributed by atoms with van der Waals surface area (Å²) in [5.41, 5.74) is 0.889. The maximum absolute atomic E-state index is 12.0. The van der Waals surface area contributed by atoms with Crippen LogP contribution in [0.1, 0.15) is 25.6 Å². The predicted molar refractivity (Wildman–Crippen MR) is 91.2 cm³/mol. The van der Waals surface area contributed by atoms with Crippen LogP contribution in [-0.2, 0) is 16.0 Å². The van der Waals surface area contributed by atoms with Gasteiger partial charge in [-0.2, -0.15) is 0 Å². The summed E-state index contributed by atoms with van der Waals surface area (Å²) >= 11 is 1.56. The van der Waals surface area contributed by atoms with Gasteiger partial charge in [-0.1, -0.05) is 32.9 Å². The first-order valence-electron chi connectivity index (χ1n) is 7.08. The van der Waals surface area contributed by atoms with Gasteiger partial charge in [0.25, 0.3) is 0 Å². The molecule has 0 saturated carbocycles. The lowest BCUT2D eigenvalue weighted by atomic mass is 9.95. The first-order valence-corrected chi connectivity index (χ1v) is 7.96. The van der Waals surface area contributed by atoms with Gasteiger partial charge >= 0.3 is 0 Å². The molecule has 0 radical (unpaired) electrons. The van der Waals surface area contributed by atoms with Crippen LogP contribution in [0.25, 0.3) is 0 Å². The summed E-state index contributed by atoms with van der Waals surface area (Å²) < 4.78 is 0. The zero-order valence-electron chi connectivity index (χ0n) is 13.0. The lowest BCUT2D eigenvalue weighted by molar-refractivity contribution is -0.123. The molecule has 1 aromatic heterocycles. The Morgan fingerprint density at radius 1 is 1.05 bits per heavy atom. The van der Waals surface area contributed by atoms with Crippen molar-refractivity contribution in [3.63, 3.8) is 0 Å². The molecule has 2 amide bonds. The van der Waals surface area contributed by atoms with E-state index in [0.29, 0.717) is 17.8 Å². The Bertz CT molecular complexity index is 658. The molecule has 0 fully saturated rings. The second-order valence-corrected chi connectivity index (χ2v) is 7.12. The van der Waals surface area contributed by atoms with E-state index in [1.54, 1.807) is 35.6 Å². The molecule has 0 spiro atoms. The van der Waals surface area contributed by atoms with Crippen LogP contribution in [0, 0.1) is 5.41 Å². The van der Waals surface area contributed by atoms with Crippen molar-refractivity contribution in [2.75, 3.05) is 10.6 Å². The van der Waals surface area contributed by atoms with Crippen molar-refractivity contribution in [1.82, 2.24) is 0 Å². The van der Waals surface area contributed by atoms with Gasteiger partial charge in [0, 0.05) is 21.7 Å². The second kappa shape index (κ2) is 6.75. The summed E-state index contributed by atoms with van der Waals surface area (Å²) in [5.74, 6) is -0.128. The van der Waals surface area contributed by atoms with Crippen LogP contribution in [0.4, 0.5) is 11.4 Å². The highest BCUT2D eigenvalue weighted by Crippen LogP contribution is 2.20. The van der Waals surface area contributed by atoms with E-state index in [-0.39, 0.29) is 11.8 Å². The van der Waals surface area contributed by atoms with E-state index in [1.165, 1.54) is 0 Å². The van der Waals surface area contributed by atoms with Crippen LogP contribution in [0.5, 0.6) is 0 Å². The molecule has 116 valence electrons. The highest BCUT2D eigenvalue weighted by Gasteiger charge is 2.21. The Hall–Kier alpha value is -2.14. The monoisotopic (exact) mass is 316 g/mol. The lowest BCUT2D eigenvalue weighted by Crippen LogP contribution is -2.27. The number of hydrogen-bond donors (Lipinski definition) is 2. The minimum absolute atomic E-state index is 0.0606. The summed E-state index contributed by atoms with van der Waals surface area (Å²) in [6.45, 7) is 5.57. The highest BCUT2D eigenvalue weighted by atomic mass is 32.1. The number of rotatable bonds is 4. The number of benzene rings is 1. The van der Waals surface area contributed by atoms with Crippen LogP contribution < -0.4 is 10.6 Å². The van der Waals surface area contributed by atoms with Crippen molar-refractivity contribution in [2.45, 2.75) is 27.2 Å². The normalized spacial score (nSPS) is 11.0. The Morgan fingerprint density at radius 2 is 1.73 bits per heavy atom. The van der Waals surface area contributed by atoms with Gasteiger partial charge in [-0.05, 0) is 29.6 Å². The molecule has 0 saturated heterocycles. The quantitative estimate of drug-likeness (QED) is 0.898. The van der Waals surface area contributed by atoms with Gasteiger partial charge in [0.2, 0.25) is 11.8 Å². The van der Waals surface area contributed by atoms with E-state index in [0.717, 1.165) is 4.88 Å². The molecule has 4 nitrogen and oxygen atoms in total. The van der Waals surface area contributed by atoms with Crippen molar-refractivity contribution < 1.29 is 9.59 Å². The maximum atomic E-state index is 12.0. The second-order valence-electron chi connectivity index (χ2n) is 6.09. The van der Waals surface area contributed by atoms with Crippen molar-refractivity contribution >= 4 is 34.5 Å².